The van der Waals surface area contributed by atoms with Crippen molar-refractivity contribution >= 4 is 17.8 Å². The van der Waals surface area contributed by atoms with Crippen LogP contribution in [0, 0.1) is 11.8 Å². The molecule has 0 saturated carbocycles. The number of aliphatic hydroxyl groups is 1. The Morgan fingerprint density at radius 3 is 2.34 bits per heavy atom. The van der Waals surface area contributed by atoms with Crippen molar-refractivity contribution < 1.29 is 29.0 Å². The third-order valence-electron chi connectivity index (χ3n) is 8.64. The average Bonchev–Trinajstić information content (AvgIpc) is 3.55. The molecule has 8 nitrogen and oxygen atoms in total. The number of carbonyl (C=O) groups excluding carboxylic acids is 3. The Balaban J connectivity index is 1.54. The minimum Gasteiger partial charge on any atom is -0.466 e. The first-order chi connectivity index (χ1) is 18.4. The fourth-order valence-corrected chi connectivity index (χ4v) is 6.96. The Bertz CT molecular complexity index is 1170. The first-order valence-corrected chi connectivity index (χ1v) is 13.6. The summed E-state index contributed by atoms with van der Waals surface area (Å²) in [7, 11) is 0. The summed E-state index contributed by atoms with van der Waals surface area (Å²) < 4.78 is 12.2. The average molecular weight is 521 g/mol. The molecule has 202 valence electrons. The Hall–Kier alpha value is -3.23. The summed E-state index contributed by atoms with van der Waals surface area (Å²) in [5.41, 5.74) is -0.130. The van der Waals surface area contributed by atoms with Crippen molar-refractivity contribution in [2.75, 3.05) is 13.2 Å². The van der Waals surface area contributed by atoms with Gasteiger partial charge >= 0.3 is 5.97 Å². The second kappa shape index (κ2) is 10.5. The number of fused-ring (bicyclic) bond motifs is 1. The number of ether oxygens (including phenoxy) is 2. The first kappa shape index (κ1) is 26.4. The molecule has 0 aromatic heterocycles. The van der Waals surface area contributed by atoms with E-state index in [1.54, 1.807) is 6.92 Å². The number of esters is 1. The highest BCUT2D eigenvalue weighted by Gasteiger charge is 2.79. The van der Waals surface area contributed by atoms with Gasteiger partial charge in [-0.3, -0.25) is 14.4 Å². The molecule has 0 aliphatic carbocycles. The van der Waals surface area contributed by atoms with Crippen LogP contribution in [0.15, 0.2) is 60.7 Å². The summed E-state index contributed by atoms with van der Waals surface area (Å²) in [5, 5.41) is 13.5. The van der Waals surface area contributed by atoms with Gasteiger partial charge in [0.05, 0.1) is 30.8 Å². The number of nitrogens with one attached hydrogen (secondary N) is 1. The van der Waals surface area contributed by atoms with Crippen molar-refractivity contribution in [1.29, 1.82) is 0 Å². The van der Waals surface area contributed by atoms with Crippen LogP contribution in [0.3, 0.4) is 0 Å². The molecule has 0 radical (unpaired) electrons. The van der Waals surface area contributed by atoms with Gasteiger partial charge in [-0.1, -0.05) is 67.6 Å². The molecule has 38 heavy (non-hydrogen) atoms. The lowest BCUT2D eigenvalue weighted by molar-refractivity contribution is -0.161. The molecule has 2 amide bonds. The number of benzene rings is 2. The van der Waals surface area contributed by atoms with E-state index in [1.165, 1.54) is 4.90 Å². The molecule has 2 N–H and O–H groups in total. The molecule has 3 heterocycles. The van der Waals surface area contributed by atoms with Gasteiger partial charge in [0.15, 0.2) is 0 Å². The van der Waals surface area contributed by atoms with Gasteiger partial charge in [-0.15, -0.1) is 0 Å². The molecule has 3 aliphatic heterocycles. The van der Waals surface area contributed by atoms with Gasteiger partial charge in [0.2, 0.25) is 11.8 Å². The van der Waals surface area contributed by atoms with Crippen LogP contribution >= 0.6 is 0 Å². The first-order valence-electron chi connectivity index (χ1n) is 13.6. The summed E-state index contributed by atoms with van der Waals surface area (Å²) in [6, 6.07) is 17.5. The maximum absolute atomic E-state index is 14.3. The number of nitrogens with zero attached hydrogens (tertiary/aromatic N) is 1. The predicted molar refractivity (Wildman–Crippen MR) is 140 cm³/mol. The highest BCUT2D eigenvalue weighted by molar-refractivity contribution is 5.98. The Morgan fingerprint density at radius 1 is 1.08 bits per heavy atom. The van der Waals surface area contributed by atoms with E-state index in [2.05, 4.69) is 5.32 Å². The Morgan fingerprint density at radius 2 is 1.74 bits per heavy atom. The zero-order valence-electron chi connectivity index (χ0n) is 22.0. The molecule has 2 aromatic rings. The van der Waals surface area contributed by atoms with Crippen molar-refractivity contribution in [3.63, 3.8) is 0 Å². The minimum atomic E-state index is -1.16. The summed E-state index contributed by atoms with van der Waals surface area (Å²) in [5.74, 6) is -2.75. The maximum Gasteiger partial charge on any atom is 0.312 e. The van der Waals surface area contributed by atoms with Crippen LogP contribution < -0.4 is 5.32 Å². The maximum atomic E-state index is 14.3. The highest BCUT2D eigenvalue weighted by atomic mass is 16.6. The van der Waals surface area contributed by atoms with Crippen LogP contribution in [0.4, 0.5) is 0 Å². The molecule has 3 aliphatic rings. The third kappa shape index (κ3) is 4.20. The van der Waals surface area contributed by atoms with Crippen LogP contribution in [0.2, 0.25) is 0 Å². The quantitative estimate of drug-likeness (QED) is 0.467. The monoisotopic (exact) mass is 520 g/mol. The number of amides is 2. The SMILES string of the molecule is CCOC(=O)[C@@H]1[C@H]2C(=O)N([C@@H](CO)Cc3ccccc3)C(C(=O)NCc3ccccc3)C23CC[C@@]1(CC)O3. The molecule has 2 unspecified atom stereocenters. The van der Waals surface area contributed by atoms with Gasteiger partial charge < -0.3 is 24.8 Å². The largest absolute Gasteiger partial charge is 0.466 e. The van der Waals surface area contributed by atoms with Crippen LogP contribution in [0.1, 0.15) is 44.2 Å². The normalized spacial score (nSPS) is 30.2. The molecule has 2 bridgehead atoms. The molecular weight excluding hydrogens is 484 g/mol. The van der Waals surface area contributed by atoms with Crippen molar-refractivity contribution in [3.05, 3.63) is 71.8 Å². The van der Waals surface area contributed by atoms with Crippen LogP contribution in [-0.4, -0.2) is 64.3 Å². The van der Waals surface area contributed by atoms with E-state index in [0.717, 1.165) is 11.1 Å². The smallest absolute Gasteiger partial charge is 0.312 e. The van der Waals surface area contributed by atoms with E-state index in [-0.39, 0.29) is 25.0 Å². The summed E-state index contributed by atoms with van der Waals surface area (Å²) in [6.07, 6.45) is 1.96. The van der Waals surface area contributed by atoms with E-state index in [1.807, 2.05) is 67.6 Å². The van der Waals surface area contributed by atoms with E-state index in [0.29, 0.717) is 32.2 Å². The van der Waals surface area contributed by atoms with E-state index >= 15 is 0 Å². The van der Waals surface area contributed by atoms with Crippen LogP contribution in [0.25, 0.3) is 0 Å². The number of hydrogen-bond acceptors (Lipinski definition) is 6. The molecule has 3 saturated heterocycles. The zero-order valence-corrected chi connectivity index (χ0v) is 22.0. The van der Waals surface area contributed by atoms with Crippen LogP contribution in [0.5, 0.6) is 0 Å². The lowest BCUT2D eigenvalue weighted by Gasteiger charge is -2.37. The standard InChI is InChI=1S/C30H36N2O6/c1-3-29-15-16-30(38-29)23(24(29)28(36)37-4-2)27(35)32(22(19-33)17-20-11-7-5-8-12-20)25(30)26(34)31-18-21-13-9-6-10-14-21/h5-14,22-25,33H,3-4,15-19H2,1-2H3,(H,31,34)/t22-,23+,24+,25?,29-,30?/m1/s1. The van der Waals surface area contributed by atoms with Crippen molar-refractivity contribution in [2.45, 2.75) is 69.4 Å². The minimum absolute atomic E-state index is 0.195. The lowest BCUT2D eigenvalue weighted by atomic mass is 9.65. The second-order valence-corrected chi connectivity index (χ2v) is 10.6. The molecule has 1 spiro atoms. The molecular formula is C30H36N2O6. The predicted octanol–water partition coefficient (Wildman–Crippen LogP) is 2.62. The number of rotatable bonds is 10. The van der Waals surface area contributed by atoms with Gasteiger partial charge in [-0.05, 0) is 43.7 Å². The number of hydrogen-bond donors (Lipinski definition) is 2. The van der Waals surface area contributed by atoms with E-state index in [4.69, 9.17) is 9.47 Å². The van der Waals surface area contributed by atoms with Gasteiger partial charge in [-0.2, -0.15) is 0 Å². The number of carbonyl (C=O) groups is 3. The highest BCUT2D eigenvalue weighted by Crippen LogP contribution is 2.64. The van der Waals surface area contributed by atoms with Gasteiger partial charge in [-0.25, -0.2) is 0 Å². The van der Waals surface area contributed by atoms with Gasteiger partial charge in [0, 0.05) is 6.54 Å². The molecule has 5 rings (SSSR count). The zero-order chi connectivity index (χ0) is 26.9. The van der Waals surface area contributed by atoms with Gasteiger partial charge in [0.1, 0.15) is 17.6 Å². The van der Waals surface area contributed by atoms with Crippen LogP contribution in [-0.2, 0) is 36.8 Å². The van der Waals surface area contributed by atoms with E-state index < -0.39 is 41.1 Å². The van der Waals surface area contributed by atoms with Crippen molar-refractivity contribution in [3.8, 4) is 0 Å². The molecule has 8 heteroatoms. The molecule has 2 aromatic carbocycles. The fourth-order valence-electron chi connectivity index (χ4n) is 6.96. The Kier molecular flexibility index (Phi) is 7.29. The lowest BCUT2D eigenvalue weighted by Crippen LogP contribution is -2.58. The van der Waals surface area contributed by atoms with Crippen molar-refractivity contribution in [1.82, 2.24) is 10.2 Å². The second-order valence-electron chi connectivity index (χ2n) is 10.6. The fraction of sp³-hybridized carbons (Fsp3) is 0.500. The summed E-state index contributed by atoms with van der Waals surface area (Å²) >= 11 is 0. The molecule has 6 atom stereocenters. The van der Waals surface area contributed by atoms with Crippen molar-refractivity contribution in [2.24, 2.45) is 11.8 Å². The summed E-state index contributed by atoms with van der Waals surface area (Å²) in [4.78, 5) is 43.1. The summed E-state index contributed by atoms with van der Waals surface area (Å²) in [6.45, 7) is 3.85. The van der Waals surface area contributed by atoms with E-state index in [9.17, 15) is 19.5 Å². The van der Waals surface area contributed by atoms with Gasteiger partial charge in [0.25, 0.3) is 0 Å². The Labute approximate surface area is 223 Å². The molecule has 3 fully saturated rings. The number of aliphatic hydroxyl groups excluding tert-OH is 1. The number of likely N-dealkylation sites (tertiary alicyclic amines) is 1. The topological polar surface area (TPSA) is 105 Å². The third-order valence-corrected chi connectivity index (χ3v) is 8.64.